The Balaban J connectivity index is 2.47. The highest BCUT2D eigenvalue weighted by Gasteiger charge is 2.16. The number of nitrogens with two attached hydrogens (primary N) is 1. The van der Waals surface area contributed by atoms with Crippen molar-refractivity contribution in [1.82, 2.24) is 0 Å². The van der Waals surface area contributed by atoms with Gasteiger partial charge in [-0.2, -0.15) is 0 Å². The van der Waals surface area contributed by atoms with Crippen molar-refractivity contribution in [2.24, 2.45) is 5.73 Å². The normalized spacial score (nSPS) is 12.5. The van der Waals surface area contributed by atoms with Crippen LogP contribution < -0.4 is 5.73 Å². The molecular weight excluding hydrogens is 340 g/mol. The smallest absolute Gasteiger partial charge is 0.123 e. The zero-order valence-electron chi connectivity index (χ0n) is 9.13. The van der Waals surface area contributed by atoms with E-state index in [9.17, 15) is 4.39 Å². The Morgan fingerprint density at radius 1 is 1.06 bits per heavy atom. The lowest BCUT2D eigenvalue weighted by molar-refractivity contribution is 0.623. The average molecular weight is 349 g/mol. The molecule has 0 aliphatic carbocycles. The van der Waals surface area contributed by atoms with Gasteiger partial charge in [-0.1, -0.05) is 45.2 Å². The maximum Gasteiger partial charge on any atom is 0.123 e. The van der Waals surface area contributed by atoms with Crippen molar-refractivity contribution in [3.63, 3.8) is 0 Å². The molecule has 2 aromatic carbocycles. The summed E-state index contributed by atoms with van der Waals surface area (Å²) < 4.78 is 14.0. The van der Waals surface area contributed by atoms with E-state index in [-0.39, 0.29) is 5.82 Å². The zero-order chi connectivity index (χ0) is 13.3. The third-order valence-corrected chi connectivity index (χ3v) is 3.86. The highest BCUT2D eigenvalue weighted by atomic mass is 79.9. The summed E-state index contributed by atoms with van der Waals surface area (Å²) in [7, 11) is 0. The standard InChI is InChI=1S/C13H9BrCl2FN/c14-11-5-7(15)1-3-9(11)13(18)10-6-8(17)2-4-12(10)16/h1-6,13H,18H2. The van der Waals surface area contributed by atoms with Crippen molar-refractivity contribution < 1.29 is 4.39 Å². The van der Waals surface area contributed by atoms with Crippen LogP contribution >= 0.6 is 39.1 Å². The molecule has 0 fully saturated rings. The summed E-state index contributed by atoms with van der Waals surface area (Å²) in [6, 6.07) is 8.89. The third kappa shape index (κ3) is 2.86. The molecule has 0 amide bonds. The van der Waals surface area contributed by atoms with Gasteiger partial charge in [-0.05, 0) is 41.5 Å². The van der Waals surface area contributed by atoms with Gasteiger partial charge >= 0.3 is 0 Å². The number of benzene rings is 2. The lowest BCUT2D eigenvalue weighted by atomic mass is 9.99. The summed E-state index contributed by atoms with van der Waals surface area (Å²) in [4.78, 5) is 0. The first kappa shape index (κ1) is 13.8. The monoisotopic (exact) mass is 347 g/mol. The predicted molar refractivity (Wildman–Crippen MR) is 76.6 cm³/mol. The van der Waals surface area contributed by atoms with E-state index in [1.54, 1.807) is 18.2 Å². The van der Waals surface area contributed by atoms with E-state index >= 15 is 0 Å². The van der Waals surface area contributed by atoms with Gasteiger partial charge in [0.25, 0.3) is 0 Å². The predicted octanol–water partition coefficient (Wildman–Crippen LogP) is 4.94. The zero-order valence-corrected chi connectivity index (χ0v) is 12.2. The van der Waals surface area contributed by atoms with Crippen molar-refractivity contribution in [3.8, 4) is 0 Å². The van der Waals surface area contributed by atoms with E-state index in [2.05, 4.69) is 15.9 Å². The van der Waals surface area contributed by atoms with Gasteiger partial charge in [-0.3, -0.25) is 0 Å². The summed E-state index contributed by atoms with van der Waals surface area (Å²) in [5.41, 5.74) is 7.45. The first-order valence-corrected chi connectivity index (χ1v) is 6.69. The number of halogens is 4. The van der Waals surface area contributed by atoms with E-state index in [0.717, 1.165) is 10.0 Å². The molecule has 0 bridgehead atoms. The van der Waals surface area contributed by atoms with E-state index < -0.39 is 6.04 Å². The van der Waals surface area contributed by atoms with Crippen molar-refractivity contribution in [3.05, 3.63) is 67.9 Å². The van der Waals surface area contributed by atoms with Gasteiger partial charge in [-0.25, -0.2) is 4.39 Å². The first-order chi connectivity index (χ1) is 8.49. The van der Waals surface area contributed by atoms with Crippen molar-refractivity contribution in [2.75, 3.05) is 0 Å². The Hall–Kier alpha value is -0.610. The molecule has 1 atom stereocenters. The Labute approximate surface area is 123 Å². The number of rotatable bonds is 2. The summed E-state index contributed by atoms with van der Waals surface area (Å²) >= 11 is 15.3. The molecule has 0 saturated heterocycles. The van der Waals surface area contributed by atoms with Crippen LogP contribution in [0, 0.1) is 5.82 Å². The SMILES string of the molecule is NC(c1cc(F)ccc1Cl)c1ccc(Cl)cc1Br. The number of hydrogen-bond donors (Lipinski definition) is 1. The molecule has 94 valence electrons. The largest absolute Gasteiger partial charge is 0.320 e. The second kappa shape index (κ2) is 5.57. The maximum absolute atomic E-state index is 13.2. The van der Waals surface area contributed by atoms with Crippen LogP contribution in [-0.2, 0) is 0 Å². The molecule has 0 heterocycles. The molecule has 0 radical (unpaired) electrons. The van der Waals surface area contributed by atoms with Crippen LogP contribution in [0.15, 0.2) is 40.9 Å². The molecule has 5 heteroatoms. The molecule has 1 unspecified atom stereocenters. The topological polar surface area (TPSA) is 26.0 Å². The van der Waals surface area contributed by atoms with Crippen molar-refractivity contribution in [2.45, 2.75) is 6.04 Å². The molecule has 18 heavy (non-hydrogen) atoms. The van der Waals surface area contributed by atoms with Gasteiger partial charge in [0.05, 0.1) is 6.04 Å². The second-order valence-electron chi connectivity index (χ2n) is 3.81. The van der Waals surface area contributed by atoms with Crippen molar-refractivity contribution >= 4 is 39.1 Å². The highest BCUT2D eigenvalue weighted by Crippen LogP contribution is 2.32. The van der Waals surface area contributed by atoms with Crippen LogP contribution in [0.2, 0.25) is 10.0 Å². The van der Waals surface area contributed by atoms with E-state index in [0.29, 0.717) is 15.6 Å². The Bertz CT molecular complexity index is 589. The van der Waals surface area contributed by atoms with E-state index in [1.807, 2.05) is 0 Å². The summed E-state index contributed by atoms with van der Waals surface area (Å²) in [6.45, 7) is 0. The van der Waals surface area contributed by atoms with Gasteiger partial charge < -0.3 is 5.73 Å². The minimum Gasteiger partial charge on any atom is -0.320 e. The van der Waals surface area contributed by atoms with E-state index in [1.165, 1.54) is 18.2 Å². The van der Waals surface area contributed by atoms with Crippen LogP contribution in [0.5, 0.6) is 0 Å². The van der Waals surface area contributed by atoms with Crippen LogP contribution in [0.4, 0.5) is 4.39 Å². The summed E-state index contributed by atoms with van der Waals surface area (Å²) in [5.74, 6) is -0.366. The lowest BCUT2D eigenvalue weighted by Gasteiger charge is -2.16. The van der Waals surface area contributed by atoms with Crippen LogP contribution in [0.3, 0.4) is 0 Å². The summed E-state index contributed by atoms with van der Waals surface area (Å²) in [6.07, 6.45) is 0. The maximum atomic E-state index is 13.2. The van der Waals surface area contributed by atoms with Gasteiger partial charge in [0.15, 0.2) is 0 Å². The molecule has 0 aliphatic rings. The van der Waals surface area contributed by atoms with E-state index in [4.69, 9.17) is 28.9 Å². The van der Waals surface area contributed by atoms with Gasteiger partial charge in [0.1, 0.15) is 5.82 Å². The fraction of sp³-hybridized carbons (Fsp3) is 0.0769. The Morgan fingerprint density at radius 3 is 2.44 bits per heavy atom. The molecular formula is C13H9BrCl2FN. The highest BCUT2D eigenvalue weighted by molar-refractivity contribution is 9.10. The van der Waals surface area contributed by atoms with Crippen LogP contribution in [0.1, 0.15) is 17.2 Å². The Morgan fingerprint density at radius 2 is 1.78 bits per heavy atom. The molecule has 2 aromatic rings. The molecule has 2 N–H and O–H groups in total. The van der Waals surface area contributed by atoms with Gasteiger partial charge in [0.2, 0.25) is 0 Å². The fourth-order valence-corrected chi connectivity index (χ4v) is 2.84. The molecule has 0 aliphatic heterocycles. The number of hydrogen-bond acceptors (Lipinski definition) is 1. The molecule has 2 rings (SSSR count). The lowest BCUT2D eigenvalue weighted by Crippen LogP contribution is -2.13. The quantitative estimate of drug-likeness (QED) is 0.816. The third-order valence-electron chi connectivity index (χ3n) is 2.59. The first-order valence-electron chi connectivity index (χ1n) is 5.14. The van der Waals surface area contributed by atoms with Gasteiger partial charge in [-0.15, -0.1) is 0 Å². The minimum atomic E-state index is -0.514. The minimum absolute atomic E-state index is 0.366. The molecule has 0 aromatic heterocycles. The molecule has 0 saturated carbocycles. The van der Waals surface area contributed by atoms with Crippen molar-refractivity contribution in [1.29, 1.82) is 0 Å². The fourth-order valence-electron chi connectivity index (χ4n) is 1.67. The Kier molecular flexibility index (Phi) is 4.28. The molecule has 1 nitrogen and oxygen atoms in total. The summed E-state index contributed by atoms with van der Waals surface area (Å²) in [5, 5.41) is 1.04. The second-order valence-corrected chi connectivity index (χ2v) is 5.51. The molecule has 0 spiro atoms. The van der Waals surface area contributed by atoms with Crippen LogP contribution in [0.25, 0.3) is 0 Å². The van der Waals surface area contributed by atoms with Crippen LogP contribution in [-0.4, -0.2) is 0 Å². The average Bonchev–Trinajstić information content (AvgIpc) is 2.31. The van der Waals surface area contributed by atoms with Gasteiger partial charge in [0, 0.05) is 14.5 Å².